The van der Waals surface area contributed by atoms with Crippen LogP contribution < -0.4 is 0 Å². The molecule has 0 radical (unpaired) electrons. The molecule has 0 amide bonds. The van der Waals surface area contributed by atoms with Gasteiger partial charge >= 0.3 is 0 Å². The number of rotatable bonds is 0. The fourth-order valence-electron chi connectivity index (χ4n) is 1.65. The zero-order valence-corrected chi connectivity index (χ0v) is 9.01. The lowest BCUT2D eigenvalue weighted by atomic mass is 10.1. The van der Waals surface area contributed by atoms with Gasteiger partial charge in [0.05, 0.1) is 21.8 Å². The topological polar surface area (TPSA) is 26.0 Å². The minimum atomic E-state index is 0.465. The molecule has 0 spiro atoms. The van der Waals surface area contributed by atoms with Crippen LogP contribution >= 0.6 is 23.2 Å². The van der Waals surface area contributed by atoms with Crippen molar-refractivity contribution in [1.82, 2.24) is 4.98 Å². The van der Waals surface area contributed by atoms with Crippen LogP contribution in [-0.2, 0) is 0 Å². The Morgan fingerprint density at radius 2 is 1.93 bits per heavy atom. The second-order valence-corrected chi connectivity index (χ2v) is 4.00. The number of benzene rings is 1. The van der Waals surface area contributed by atoms with Crippen LogP contribution in [0, 0.1) is 0 Å². The first kappa shape index (κ1) is 9.01. The molecule has 0 atom stereocenters. The molecule has 15 heavy (non-hydrogen) atoms. The van der Waals surface area contributed by atoms with E-state index in [2.05, 4.69) is 4.98 Å². The summed E-state index contributed by atoms with van der Waals surface area (Å²) in [6.45, 7) is 0. The van der Waals surface area contributed by atoms with Crippen molar-refractivity contribution >= 4 is 45.1 Å². The summed E-state index contributed by atoms with van der Waals surface area (Å²) in [5.74, 6) is 0. The third-order valence-corrected chi connectivity index (χ3v) is 3.15. The van der Waals surface area contributed by atoms with Gasteiger partial charge in [-0.1, -0.05) is 23.2 Å². The molecule has 0 bridgehead atoms. The summed E-state index contributed by atoms with van der Waals surface area (Å²) >= 11 is 12.0. The molecule has 74 valence electrons. The van der Waals surface area contributed by atoms with E-state index in [-0.39, 0.29) is 0 Å². The van der Waals surface area contributed by atoms with Crippen LogP contribution in [0.4, 0.5) is 0 Å². The van der Waals surface area contributed by atoms with Gasteiger partial charge < -0.3 is 4.42 Å². The molecular formula is C11H5Cl2NO. The van der Waals surface area contributed by atoms with Gasteiger partial charge in [0.25, 0.3) is 0 Å². The number of furan rings is 1. The van der Waals surface area contributed by atoms with Gasteiger partial charge in [0.2, 0.25) is 0 Å². The standard InChI is InChI=1S/C11H5Cl2NO/c12-8-5-14-11-6-3-4-15-9(6)2-1-7(11)10(8)13/h1-5H. The van der Waals surface area contributed by atoms with Crippen molar-refractivity contribution in [3.63, 3.8) is 0 Å². The number of pyridine rings is 1. The molecule has 3 aromatic rings. The average molecular weight is 238 g/mol. The highest BCUT2D eigenvalue weighted by atomic mass is 35.5. The van der Waals surface area contributed by atoms with Crippen molar-refractivity contribution in [3.8, 4) is 0 Å². The van der Waals surface area contributed by atoms with Crippen molar-refractivity contribution < 1.29 is 4.42 Å². The minimum absolute atomic E-state index is 0.465. The van der Waals surface area contributed by atoms with Crippen molar-refractivity contribution in [2.45, 2.75) is 0 Å². The van der Waals surface area contributed by atoms with Gasteiger partial charge in [-0.25, -0.2) is 0 Å². The molecule has 0 aliphatic heterocycles. The van der Waals surface area contributed by atoms with Crippen molar-refractivity contribution in [2.75, 3.05) is 0 Å². The first-order valence-electron chi connectivity index (χ1n) is 4.37. The first-order valence-corrected chi connectivity index (χ1v) is 5.13. The number of nitrogens with zero attached hydrogens (tertiary/aromatic N) is 1. The van der Waals surface area contributed by atoms with Crippen LogP contribution in [0.2, 0.25) is 10.0 Å². The van der Waals surface area contributed by atoms with E-state index in [1.165, 1.54) is 0 Å². The fourth-order valence-corrected chi connectivity index (χ4v) is 2.00. The maximum Gasteiger partial charge on any atom is 0.136 e. The largest absolute Gasteiger partial charge is 0.464 e. The molecule has 2 heterocycles. The Labute approximate surface area is 95.4 Å². The number of hydrogen-bond acceptors (Lipinski definition) is 2. The van der Waals surface area contributed by atoms with Gasteiger partial charge in [-0.2, -0.15) is 0 Å². The van der Waals surface area contributed by atoms with E-state index in [0.29, 0.717) is 10.0 Å². The lowest BCUT2D eigenvalue weighted by Crippen LogP contribution is -1.81. The Balaban J connectivity index is 2.60. The van der Waals surface area contributed by atoms with E-state index in [1.807, 2.05) is 18.2 Å². The van der Waals surface area contributed by atoms with Gasteiger partial charge in [0, 0.05) is 17.0 Å². The minimum Gasteiger partial charge on any atom is -0.464 e. The van der Waals surface area contributed by atoms with Gasteiger partial charge in [-0.05, 0) is 18.2 Å². The molecule has 4 heteroatoms. The van der Waals surface area contributed by atoms with Gasteiger partial charge in [0.15, 0.2) is 0 Å². The second-order valence-electron chi connectivity index (χ2n) is 3.21. The summed E-state index contributed by atoms with van der Waals surface area (Å²) < 4.78 is 5.28. The molecule has 3 rings (SSSR count). The van der Waals surface area contributed by atoms with E-state index in [9.17, 15) is 0 Å². The van der Waals surface area contributed by atoms with Crippen LogP contribution in [0.3, 0.4) is 0 Å². The van der Waals surface area contributed by atoms with Crippen LogP contribution in [0.15, 0.2) is 35.1 Å². The average Bonchev–Trinajstić information content (AvgIpc) is 2.71. The monoisotopic (exact) mass is 237 g/mol. The predicted octanol–water partition coefficient (Wildman–Crippen LogP) is 4.29. The van der Waals surface area contributed by atoms with E-state index in [1.54, 1.807) is 12.5 Å². The van der Waals surface area contributed by atoms with E-state index >= 15 is 0 Å². The summed E-state index contributed by atoms with van der Waals surface area (Å²) in [5.41, 5.74) is 1.61. The van der Waals surface area contributed by atoms with Crippen molar-refractivity contribution in [3.05, 3.63) is 40.7 Å². The van der Waals surface area contributed by atoms with E-state index in [0.717, 1.165) is 21.9 Å². The Morgan fingerprint density at radius 1 is 1.07 bits per heavy atom. The van der Waals surface area contributed by atoms with Crippen LogP contribution in [0.1, 0.15) is 0 Å². The molecule has 0 N–H and O–H groups in total. The third-order valence-electron chi connectivity index (χ3n) is 2.36. The molecule has 2 nitrogen and oxygen atoms in total. The summed E-state index contributed by atoms with van der Waals surface area (Å²) in [7, 11) is 0. The van der Waals surface area contributed by atoms with Crippen LogP contribution in [-0.4, -0.2) is 4.98 Å². The Hall–Kier alpha value is -1.25. The molecule has 1 aromatic carbocycles. The predicted molar refractivity (Wildman–Crippen MR) is 61.5 cm³/mol. The van der Waals surface area contributed by atoms with Gasteiger partial charge in [-0.3, -0.25) is 4.98 Å². The Bertz CT molecular complexity index is 660. The molecule has 0 aliphatic carbocycles. The Morgan fingerprint density at radius 3 is 2.80 bits per heavy atom. The zero-order valence-electron chi connectivity index (χ0n) is 7.50. The van der Waals surface area contributed by atoms with E-state index in [4.69, 9.17) is 27.6 Å². The number of aromatic nitrogens is 1. The first-order chi connectivity index (χ1) is 7.27. The molecule has 0 saturated carbocycles. The maximum absolute atomic E-state index is 6.09. The maximum atomic E-state index is 6.09. The van der Waals surface area contributed by atoms with Gasteiger partial charge in [0.1, 0.15) is 5.58 Å². The lowest BCUT2D eigenvalue weighted by Gasteiger charge is -2.01. The van der Waals surface area contributed by atoms with Crippen LogP contribution in [0.5, 0.6) is 0 Å². The smallest absolute Gasteiger partial charge is 0.136 e. The number of hydrogen-bond donors (Lipinski definition) is 0. The van der Waals surface area contributed by atoms with E-state index < -0.39 is 0 Å². The van der Waals surface area contributed by atoms with Crippen molar-refractivity contribution in [1.29, 1.82) is 0 Å². The highest BCUT2D eigenvalue weighted by molar-refractivity contribution is 6.45. The molecule has 0 unspecified atom stereocenters. The zero-order chi connectivity index (χ0) is 10.4. The normalized spacial score (nSPS) is 11.3. The molecule has 0 saturated heterocycles. The summed E-state index contributed by atoms with van der Waals surface area (Å²) in [5, 5.41) is 2.79. The number of halogens is 2. The van der Waals surface area contributed by atoms with Crippen LogP contribution in [0.25, 0.3) is 21.9 Å². The third kappa shape index (κ3) is 1.22. The molecule has 0 aliphatic rings. The summed E-state index contributed by atoms with van der Waals surface area (Å²) in [6, 6.07) is 5.60. The lowest BCUT2D eigenvalue weighted by molar-refractivity contribution is 0.616. The highest BCUT2D eigenvalue weighted by Gasteiger charge is 2.09. The SMILES string of the molecule is Clc1cnc2c(ccc3occc32)c1Cl. The van der Waals surface area contributed by atoms with Crippen molar-refractivity contribution in [2.24, 2.45) is 0 Å². The quantitative estimate of drug-likeness (QED) is 0.583. The fraction of sp³-hybridized carbons (Fsp3) is 0. The Kier molecular flexibility index (Phi) is 1.87. The summed E-state index contributed by atoms with van der Waals surface area (Å²) in [4.78, 5) is 4.27. The molecule has 2 aromatic heterocycles. The highest BCUT2D eigenvalue weighted by Crippen LogP contribution is 2.33. The molecular weight excluding hydrogens is 233 g/mol. The second kappa shape index (κ2) is 3.12. The van der Waals surface area contributed by atoms with Gasteiger partial charge in [-0.15, -0.1) is 0 Å². The number of fused-ring (bicyclic) bond motifs is 3. The summed E-state index contributed by atoms with van der Waals surface area (Å²) in [6.07, 6.45) is 3.19. The molecule has 0 fully saturated rings.